The summed E-state index contributed by atoms with van der Waals surface area (Å²) in [6.45, 7) is 3.45. The normalized spacial score (nSPS) is 15.9. The number of piperazine rings is 1. The van der Waals surface area contributed by atoms with Gasteiger partial charge in [-0.3, -0.25) is 14.5 Å². The third kappa shape index (κ3) is 4.51. The van der Waals surface area contributed by atoms with Crippen molar-refractivity contribution >= 4 is 17.5 Å². The standard InChI is InChI=1S/C20H20F3N3O2/c1-13(19(27)24-18-7-6-16(22)12-17(18)23)25-8-10-26(11-9-25)20(28)14-2-4-15(21)5-3-14/h2-7,12-13H,8-11H2,1H3,(H,24,27). The van der Waals surface area contributed by atoms with Crippen molar-refractivity contribution in [2.75, 3.05) is 31.5 Å². The second kappa shape index (κ2) is 8.43. The lowest BCUT2D eigenvalue weighted by atomic mass is 10.1. The minimum Gasteiger partial charge on any atom is -0.336 e. The summed E-state index contributed by atoms with van der Waals surface area (Å²) in [5.41, 5.74) is 0.329. The first kappa shape index (κ1) is 19.9. The summed E-state index contributed by atoms with van der Waals surface area (Å²) in [5, 5.41) is 2.46. The number of amides is 2. The lowest BCUT2D eigenvalue weighted by molar-refractivity contribution is -0.121. The van der Waals surface area contributed by atoms with Crippen LogP contribution in [0.3, 0.4) is 0 Å². The van der Waals surface area contributed by atoms with Gasteiger partial charge in [-0.25, -0.2) is 13.2 Å². The molecule has 28 heavy (non-hydrogen) atoms. The van der Waals surface area contributed by atoms with Crippen molar-refractivity contribution in [2.24, 2.45) is 0 Å². The molecule has 0 bridgehead atoms. The quantitative estimate of drug-likeness (QED) is 0.872. The van der Waals surface area contributed by atoms with Crippen LogP contribution < -0.4 is 5.32 Å². The molecule has 1 fully saturated rings. The maximum Gasteiger partial charge on any atom is 0.253 e. The lowest BCUT2D eigenvalue weighted by Gasteiger charge is -2.37. The van der Waals surface area contributed by atoms with Crippen LogP contribution in [-0.2, 0) is 4.79 Å². The second-order valence-electron chi connectivity index (χ2n) is 6.62. The Morgan fingerprint density at radius 2 is 1.54 bits per heavy atom. The number of nitrogens with one attached hydrogen (secondary N) is 1. The molecule has 1 aliphatic rings. The number of anilines is 1. The van der Waals surface area contributed by atoms with Gasteiger partial charge in [0.2, 0.25) is 5.91 Å². The molecule has 1 saturated heterocycles. The Morgan fingerprint density at radius 3 is 2.14 bits per heavy atom. The zero-order valence-electron chi connectivity index (χ0n) is 15.3. The number of carbonyl (C=O) groups is 2. The molecule has 2 aromatic carbocycles. The topological polar surface area (TPSA) is 52.7 Å². The van der Waals surface area contributed by atoms with Crippen LogP contribution in [0, 0.1) is 17.5 Å². The SMILES string of the molecule is CC(C(=O)Nc1ccc(F)cc1F)N1CCN(C(=O)c2ccc(F)cc2)CC1. The van der Waals surface area contributed by atoms with E-state index in [9.17, 15) is 22.8 Å². The fourth-order valence-corrected chi connectivity index (χ4v) is 3.08. The number of nitrogens with zero attached hydrogens (tertiary/aromatic N) is 2. The largest absolute Gasteiger partial charge is 0.336 e. The van der Waals surface area contributed by atoms with Crippen molar-refractivity contribution in [3.63, 3.8) is 0 Å². The van der Waals surface area contributed by atoms with Gasteiger partial charge in [-0.05, 0) is 43.3 Å². The van der Waals surface area contributed by atoms with Gasteiger partial charge in [0.25, 0.3) is 5.91 Å². The lowest BCUT2D eigenvalue weighted by Crippen LogP contribution is -2.54. The van der Waals surface area contributed by atoms with Gasteiger partial charge in [0, 0.05) is 37.8 Å². The first-order valence-corrected chi connectivity index (χ1v) is 8.90. The molecule has 8 heteroatoms. The Hall–Kier alpha value is -2.87. The molecule has 3 rings (SSSR count). The van der Waals surface area contributed by atoms with Gasteiger partial charge >= 0.3 is 0 Å². The average Bonchev–Trinajstić information content (AvgIpc) is 2.69. The van der Waals surface area contributed by atoms with Crippen molar-refractivity contribution in [1.29, 1.82) is 0 Å². The predicted molar refractivity (Wildman–Crippen MR) is 98.3 cm³/mol. The van der Waals surface area contributed by atoms with Crippen LogP contribution in [0.2, 0.25) is 0 Å². The van der Waals surface area contributed by atoms with E-state index in [-0.39, 0.29) is 11.6 Å². The minimum absolute atomic E-state index is 0.0802. The molecule has 148 valence electrons. The van der Waals surface area contributed by atoms with Gasteiger partial charge in [-0.1, -0.05) is 0 Å². The van der Waals surface area contributed by atoms with E-state index in [2.05, 4.69) is 5.32 Å². The Kier molecular flexibility index (Phi) is 5.99. The van der Waals surface area contributed by atoms with Gasteiger partial charge in [0.05, 0.1) is 11.7 Å². The number of hydrogen-bond donors (Lipinski definition) is 1. The van der Waals surface area contributed by atoms with Crippen molar-refractivity contribution < 1.29 is 22.8 Å². The van der Waals surface area contributed by atoms with E-state index in [4.69, 9.17) is 0 Å². The highest BCUT2D eigenvalue weighted by atomic mass is 19.1. The van der Waals surface area contributed by atoms with Gasteiger partial charge in [-0.2, -0.15) is 0 Å². The fraction of sp³-hybridized carbons (Fsp3) is 0.300. The monoisotopic (exact) mass is 391 g/mol. The summed E-state index contributed by atoms with van der Waals surface area (Å²) in [6.07, 6.45) is 0. The number of benzene rings is 2. The Balaban J connectivity index is 1.55. The molecule has 1 aliphatic heterocycles. The Morgan fingerprint density at radius 1 is 0.929 bits per heavy atom. The van der Waals surface area contributed by atoms with Crippen LogP contribution in [0.1, 0.15) is 17.3 Å². The summed E-state index contributed by atoms with van der Waals surface area (Å²) in [4.78, 5) is 28.4. The molecule has 2 amide bonds. The molecular formula is C20H20F3N3O2. The van der Waals surface area contributed by atoms with Gasteiger partial charge in [0.1, 0.15) is 17.5 Å². The van der Waals surface area contributed by atoms with E-state index in [1.807, 2.05) is 4.90 Å². The molecule has 0 spiro atoms. The molecule has 1 atom stereocenters. The van der Waals surface area contributed by atoms with Crippen molar-refractivity contribution in [3.8, 4) is 0 Å². The molecule has 0 saturated carbocycles. The first-order chi connectivity index (χ1) is 13.3. The van der Waals surface area contributed by atoms with E-state index < -0.39 is 29.4 Å². The van der Waals surface area contributed by atoms with E-state index in [1.165, 1.54) is 30.3 Å². The molecular weight excluding hydrogens is 371 g/mol. The number of hydrogen-bond acceptors (Lipinski definition) is 3. The minimum atomic E-state index is -0.838. The van der Waals surface area contributed by atoms with Crippen LogP contribution in [-0.4, -0.2) is 53.8 Å². The molecule has 1 heterocycles. The van der Waals surface area contributed by atoms with Crippen LogP contribution in [0.5, 0.6) is 0 Å². The van der Waals surface area contributed by atoms with E-state index in [0.717, 1.165) is 6.07 Å². The summed E-state index contributed by atoms with van der Waals surface area (Å²) in [7, 11) is 0. The zero-order chi connectivity index (χ0) is 20.3. The number of carbonyl (C=O) groups excluding carboxylic acids is 2. The highest BCUT2D eigenvalue weighted by Gasteiger charge is 2.28. The highest BCUT2D eigenvalue weighted by molar-refractivity contribution is 5.95. The average molecular weight is 391 g/mol. The van der Waals surface area contributed by atoms with Gasteiger partial charge in [-0.15, -0.1) is 0 Å². The molecule has 1 unspecified atom stereocenters. The first-order valence-electron chi connectivity index (χ1n) is 8.90. The number of halogens is 3. The summed E-state index contributed by atoms with van der Waals surface area (Å²) in [5.74, 6) is -2.56. The van der Waals surface area contributed by atoms with Crippen LogP contribution in [0.4, 0.5) is 18.9 Å². The van der Waals surface area contributed by atoms with Gasteiger partial charge < -0.3 is 10.2 Å². The summed E-state index contributed by atoms with van der Waals surface area (Å²) < 4.78 is 39.7. The predicted octanol–water partition coefficient (Wildman–Crippen LogP) is 2.89. The Bertz CT molecular complexity index is 865. The van der Waals surface area contributed by atoms with Crippen LogP contribution >= 0.6 is 0 Å². The smallest absolute Gasteiger partial charge is 0.253 e. The fourth-order valence-electron chi connectivity index (χ4n) is 3.08. The molecule has 0 aliphatic carbocycles. The molecule has 0 aromatic heterocycles. The molecule has 5 nitrogen and oxygen atoms in total. The molecule has 0 radical (unpaired) electrons. The van der Waals surface area contributed by atoms with E-state index in [0.29, 0.717) is 37.8 Å². The van der Waals surface area contributed by atoms with Gasteiger partial charge in [0.15, 0.2) is 0 Å². The van der Waals surface area contributed by atoms with Crippen LogP contribution in [0.25, 0.3) is 0 Å². The van der Waals surface area contributed by atoms with Crippen molar-refractivity contribution in [2.45, 2.75) is 13.0 Å². The second-order valence-corrected chi connectivity index (χ2v) is 6.62. The highest BCUT2D eigenvalue weighted by Crippen LogP contribution is 2.17. The van der Waals surface area contributed by atoms with Crippen LogP contribution in [0.15, 0.2) is 42.5 Å². The van der Waals surface area contributed by atoms with Crippen molar-refractivity contribution in [1.82, 2.24) is 9.80 Å². The third-order valence-electron chi connectivity index (χ3n) is 4.81. The maximum absolute atomic E-state index is 13.7. The Labute approximate surface area is 160 Å². The summed E-state index contributed by atoms with van der Waals surface area (Å²) >= 11 is 0. The summed E-state index contributed by atoms with van der Waals surface area (Å²) in [6, 6.07) is 7.77. The molecule has 1 N–H and O–H groups in total. The maximum atomic E-state index is 13.7. The number of rotatable bonds is 4. The zero-order valence-corrected chi connectivity index (χ0v) is 15.3. The van der Waals surface area contributed by atoms with E-state index >= 15 is 0 Å². The molecule has 2 aromatic rings. The van der Waals surface area contributed by atoms with Crippen molar-refractivity contribution in [3.05, 3.63) is 65.5 Å². The van der Waals surface area contributed by atoms with E-state index in [1.54, 1.807) is 11.8 Å². The third-order valence-corrected chi connectivity index (χ3v) is 4.81.